The standard InChI is InChI=1S/C22H21ClN4O3S/c1-13(28)27-11-16(12-27)30-22-18-9-15(10-20(31-24)17(18)6-7-25-22)26-21(29)8-14-4-2-3-5-19(14)23/h2-7,9-10,16H,8,11-12,24H2,1H3,(H,26,29). The zero-order valence-corrected chi connectivity index (χ0v) is 18.4. The molecule has 3 aromatic rings. The molecule has 9 heteroatoms. The van der Waals surface area contributed by atoms with Gasteiger partial charge in [-0.25, -0.2) is 4.98 Å². The van der Waals surface area contributed by atoms with E-state index in [-0.39, 0.29) is 24.3 Å². The third-order valence-electron chi connectivity index (χ3n) is 5.10. The molecule has 7 nitrogen and oxygen atoms in total. The number of nitrogens with zero attached hydrogens (tertiary/aromatic N) is 2. The molecule has 1 aliphatic rings. The van der Waals surface area contributed by atoms with Gasteiger partial charge in [-0.1, -0.05) is 29.8 Å². The summed E-state index contributed by atoms with van der Waals surface area (Å²) in [6, 6.07) is 12.7. The van der Waals surface area contributed by atoms with Crippen molar-refractivity contribution in [1.82, 2.24) is 9.88 Å². The summed E-state index contributed by atoms with van der Waals surface area (Å²) in [5, 5.41) is 11.0. The highest BCUT2D eigenvalue weighted by Crippen LogP contribution is 2.34. The summed E-state index contributed by atoms with van der Waals surface area (Å²) in [5.74, 6) is 0.280. The fourth-order valence-corrected chi connectivity index (χ4v) is 4.14. The lowest BCUT2D eigenvalue weighted by Gasteiger charge is -2.38. The monoisotopic (exact) mass is 456 g/mol. The molecule has 0 spiro atoms. The summed E-state index contributed by atoms with van der Waals surface area (Å²) in [6.07, 6.45) is 1.70. The summed E-state index contributed by atoms with van der Waals surface area (Å²) in [6.45, 7) is 2.59. The SMILES string of the molecule is CC(=O)N1CC(Oc2nccc3c(SN)cc(NC(=O)Cc4ccccc4Cl)cc23)C1. The van der Waals surface area contributed by atoms with Gasteiger partial charge in [-0.05, 0) is 41.8 Å². The lowest BCUT2D eigenvalue weighted by atomic mass is 10.1. The first-order chi connectivity index (χ1) is 14.9. The minimum Gasteiger partial charge on any atom is -0.470 e. The van der Waals surface area contributed by atoms with Crippen molar-refractivity contribution in [3.8, 4) is 5.88 Å². The highest BCUT2D eigenvalue weighted by Gasteiger charge is 2.31. The van der Waals surface area contributed by atoms with Gasteiger partial charge in [-0.2, -0.15) is 0 Å². The van der Waals surface area contributed by atoms with Gasteiger partial charge in [0.05, 0.1) is 19.5 Å². The Morgan fingerprint density at radius 2 is 2.03 bits per heavy atom. The summed E-state index contributed by atoms with van der Waals surface area (Å²) >= 11 is 7.26. The van der Waals surface area contributed by atoms with Crippen LogP contribution in [0, 0.1) is 0 Å². The van der Waals surface area contributed by atoms with E-state index in [4.69, 9.17) is 21.5 Å². The Kier molecular flexibility index (Phi) is 6.31. The number of nitrogens with two attached hydrogens (primary N) is 1. The largest absolute Gasteiger partial charge is 0.470 e. The van der Waals surface area contributed by atoms with Crippen LogP contribution >= 0.6 is 23.5 Å². The van der Waals surface area contributed by atoms with E-state index in [1.54, 1.807) is 17.2 Å². The second kappa shape index (κ2) is 9.13. The molecule has 1 aliphatic heterocycles. The number of anilines is 1. The number of nitrogens with one attached hydrogen (secondary N) is 1. The number of benzene rings is 2. The van der Waals surface area contributed by atoms with E-state index in [1.807, 2.05) is 36.4 Å². The molecule has 4 rings (SSSR count). The van der Waals surface area contributed by atoms with Crippen molar-refractivity contribution in [1.29, 1.82) is 0 Å². The van der Waals surface area contributed by atoms with Gasteiger partial charge in [-0.3, -0.25) is 14.7 Å². The fraction of sp³-hybridized carbons (Fsp3) is 0.227. The van der Waals surface area contributed by atoms with Crippen LogP contribution in [0.5, 0.6) is 5.88 Å². The van der Waals surface area contributed by atoms with Crippen molar-refractivity contribution in [3.05, 3.63) is 59.2 Å². The van der Waals surface area contributed by atoms with Crippen LogP contribution in [-0.2, 0) is 16.0 Å². The van der Waals surface area contributed by atoms with Gasteiger partial charge in [0.2, 0.25) is 17.7 Å². The van der Waals surface area contributed by atoms with Gasteiger partial charge in [-0.15, -0.1) is 0 Å². The van der Waals surface area contributed by atoms with Crippen LogP contribution in [0.3, 0.4) is 0 Å². The Balaban J connectivity index is 1.57. The van der Waals surface area contributed by atoms with E-state index >= 15 is 0 Å². The number of carbonyl (C=O) groups is 2. The quantitative estimate of drug-likeness (QED) is 0.549. The normalized spacial score (nSPS) is 13.7. The van der Waals surface area contributed by atoms with E-state index in [2.05, 4.69) is 10.3 Å². The molecule has 0 unspecified atom stereocenters. The Morgan fingerprint density at radius 3 is 2.74 bits per heavy atom. The van der Waals surface area contributed by atoms with Gasteiger partial charge in [0.25, 0.3) is 0 Å². The molecule has 160 valence electrons. The smallest absolute Gasteiger partial charge is 0.228 e. The minimum atomic E-state index is -0.192. The highest BCUT2D eigenvalue weighted by atomic mass is 35.5. The molecule has 0 radical (unpaired) electrons. The second-order valence-electron chi connectivity index (χ2n) is 7.28. The van der Waals surface area contributed by atoms with Gasteiger partial charge in [0.1, 0.15) is 6.10 Å². The van der Waals surface area contributed by atoms with E-state index in [0.717, 1.165) is 33.2 Å². The number of fused-ring (bicyclic) bond motifs is 1. The van der Waals surface area contributed by atoms with Crippen molar-refractivity contribution < 1.29 is 14.3 Å². The number of rotatable bonds is 6. The lowest BCUT2D eigenvalue weighted by Crippen LogP contribution is -2.55. The van der Waals surface area contributed by atoms with Crippen LogP contribution in [0.25, 0.3) is 10.8 Å². The number of carbonyl (C=O) groups excluding carboxylic acids is 2. The van der Waals surface area contributed by atoms with Crippen molar-refractivity contribution in [2.24, 2.45) is 5.14 Å². The summed E-state index contributed by atoms with van der Waals surface area (Å²) < 4.78 is 6.03. The number of halogens is 1. The molecule has 0 atom stereocenters. The van der Waals surface area contributed by atoms with Crippen LogP contribution < -0.4 is 15.2 Å². The molecule has 2 amide bonds. The predicted molar refractivity (Wildman–Crippen MR) is 122 cm³/mol. The van der Waals surface area contributed by atoms with Gasteiger partial charge in [0.15, 0.2) is 0 Å². The number of hydrogen-bond acceptors (Lipinski definition) is 6. The van der Waals surface area contributed by atoms with Crippen LogP contribution in [0.4, 0.5) is 5.69 Å². The second-order valence-corrected chi connectivity index (χ2v) is 8.37. The van der Waals surface area contributed by atoms with Gasteiger partial charge >= 0.3 is 0 Å². The number of pyridine rings is 1. The molecular formula is C22H21ClN4O3S. The summed E-state index contributed by atoms with van der Waals surface area (Å²) in [7, 11) is 0. The zero-order chi connectivity index (χ0) is 22.0. The highest BCUT2D eigenvalue weighted by molar-refractivity contribution is 7.97. The molecule has 31 heavy (non-hydrogen) atoms. The van der Waals surface area contributed by atoms with Crippen LogP contribution in [0.15, 0.2) is 53.6 Å². The average Bonchev–Trinajstić information content (AvgIpc) is 2.71. The van der Waals surface area contributed by atoms with Crippen LogP contribution in [0.1, 0.15) is 12.5 Å². The first-order valence-corrected chi connectivity index (χ1v) is 11.0. The van der Waals surface area contributed by atoms with E-state index < -0.39 is 0 Å². The molecule has 2 aromatic carbocycles. The topological polar surface area (TPSA) is 97.6 Å². The Labute approximate surface area is 189 Å². The summed E-state index contributed by atoms with van der Waals surface area (Å²) in [5.41, 5.74) is 1.34. The van der Waals surface area contributed by atoms with E-state index in [0.29, 0.717) is 29.7 Å². The van der Waals surface area contributed by atoms with Crippen molar-refractivity contribution in [2.45, 2.75) is 24.3 Å². The number of hydrogen-bond donors (Lipinski definition) is 2. The van der Waals surface area contributed by atoms with Crippen molar-refractivity contribution >= 4 is 51.8 Å². The Hall–Kier alpha value is -2.81. The third-order valence-corrected chi connectivity index (χ3v) is 6.06. The number of ether oxygens (including phenoxy) is 1. The Morgan fingerprint density at radius 1 is 1.26 bits per heavy atom. The summed E-state index contributed by atoms with van der Waals surface area (Å²) in [4.78, 5) is 30.9. The predicted octanol–water partition coefficient (Wildman–Crippen LogP) is 3.64. The van der Waals surface area contributed by atoms with E-state index in [1.165, 1.54) is 6.92 Å². The average molecular weight is 457 g/mol. The van der Waals surface area contributed by atoms with Gasteiger partial charge < -0.3 is 15.0 Å². The number of amides is 2. The minimum absolute atomic E-state index is 0.0241. The molecular weight excluding hydrogens is 436 g/mol. The van der Waals surface area contributed by atoms with Crippen LogP contribution in [0.2, 0.25) is 5.02 Å². The maximum Gasteiger partial charge on any atom is 0.228 e. The van der Waals surface area contributed by atoms with Crippen molar-refractivity contribution in [3.63, 3.8) is 0 Å². The molecule has 1 saturated heterocycles. The number of likely N-dealkylation sites (tertiary alicyclic amines) is 1. The Bertz CT molecular complexity index is 1150. The molecule has 0 bridgehead atoms. The first kappa shape index (κ1) is 21.4. The molecule has 1 fully saturated rings. The fourth-order valence-electron chi connectivity index (χ4n) is 3.44. The van der Waals surface area contributed by atoms with Crippen LogP contribution in [-0.4, -0.2) is 40.9 Å². The maximum absolute atomic E-state index is 12.6. The van der Waals surface area contributed by atoms with Crippen molar-refractivity contribution in [2.75, 3.05) is 18.4 Å². The molecule has 0 aliphatic carbocycles. The lowest BCUT2D eigenvalue weighted by molar-refractivity contribution is -0.137. The molecule has 1 aromatic heterocycles. The molecule has 2 heterocycles. The third kappa shape index (κ3) is 4.76. The zero-order valence-electron chi connectivity index (χ0n) is 16.8. The number of aromatic nitrogens is 1. The molecule has 0 saturated carbocycles. The van der Waals surface area contributed by atoms with Gasteiger partial charge in [0, 0.05) is 39.5 Å². The first-order valence-electron chi connectivity index (χ1n) is 9.69. The van der Waals surface area contributed by atoms with E-state index in [9.17, 15) is 9.59 Å². The maximum atomic E-state index is 12.6. The molecule has 3 N–H and O–H groups in total.